The Balaban J connectivity index is 1.82. The number of ether oxygens (including phenoxy) is 1. The molecule has 2 aromatic heterocycles. The topological polar surface area (TPSA) is 94.2 Å². The van der Waals surface area contributed by atoms with E-state index in [0.717, 1.165) is 0 Å². The Morgan fingerprint density at radius 1 is 1.09 bits per heavy atom. The maximum Gasteiger partial charge on any atom is 0.340 e. The number of rotatable bonds is 5. The molecular weight excluding hydrogens is 318 g/mol. The summed E-state index contributed by atoms with van der Waals surface area (Å²) in [5.41, 5.74) is 1.20. The van der Waals surface area contributed by atoms with Crippen molar-refractivity contribution in [2.45, 2.75) is 4.90 Å². The first-order valence-electron chi connectivity index (χ1n) is 6.64. The third-order valence-electron chi connectivity index (χ3n) is 3.04. The van der Waals surface area contributed by atoms with Crippen LogP contribution in [0, 0.1) is 0 Å². The van der Waals surface area contributed by atoms with Crippen LogP contribution in [-0.2, 0) is 10.1 Å². The first-order valence-corrected chi connectivity index (χ1v) is 8.05. The normalized spacial score (nSPS) is 11.2. The SMILES string of the molecule is COc1ccc(S(=O)(=O)Oc2cc(-c3ccccn3)[nH]n2)cc1. The van der Waals surface area contributed by atoms with E-state index in [9.17, 15) is 8.42 Å². The second-order valence-corrected chi connectivity index (χ2v) is 6.09. The van der Waals surface area contributed by atoms with Crippen LogP contribution in [-0.4, -0.2) is 30.7 Å². The lowest BCUT2D eigenvalue weighted by molar-refractivity contribution is 0.414. The number of pyridine rings is 1. The van der Waals surface area contributed by atoms with Crippen LogP contribution in [0.15, 0.2) is 59.6 Å². The molecule has 0 atom stereocenters. The Morgan fingerprint density at radius 2 is 1.87 bits per heavy atom. The molecule has 23 heavy (non-hydrogen) atoms. The minimum atomic E-state index is -3.97. The van der Waals surface area contributed by atoms with E-state index in [4.69, 9.17) is 8.92 Å². The summed E-state index contributed by atoms with van der Waals surface area (Å²) >= 11 is 0. The van der Waals surface area contributed by atoms with Gasteiger partial charge in [0.1, 0.15) is 10.6 Å². The predicted molar refractivity (Wildman–Crippen MR) is 82.6 cm³/mol. The van der Waals surface area contributed by atoms with E-state index in [-0.39, 0.29) is 10.8 Å². The Kier molecular flexibility index (Phi) is 3.98. The number of hydrogen-bond acceptors (Lipinski definition) is 6. The van der Waals surface area contributed by atoms with Crippen molar-refractivity contribution in [3.8, 4) is 23.0 Å². The largest absolute Gasteiger partial charge is 0.497 e. The lowest BCUT2D eigenvalue weighted by Gasteiger charge is -2.05. The minimum Gasteiger partial charge on any atom is -0.497 e. The van der Waals surface area contributed by atoms with Crippen molar-refractivity contribution in [3.05, 3.63) is 54.7 Å². The van der Waals surface area contributed by atoms with Gasteiger partial charge < -0.3 is 8.92 Å². The first-order chi connectivity index (χ1) is 11.1. The number of aromatic nitrogens is 3. The molecule has 0 saturated carbocycles. The molecule has 2 heterocycles. The maximum absolute atomic E-state index is 12.2. The monoisotopic (exact) mass is 331 g/mol. The summed E-state index contributed by atoms with van der Waals surface area (Å²) < 4.78 is 34.4. The van der Waals surface area contributed by atoms with Gasteiger partial charge in [0, 0.05) is 12.3 Å². The molecule has 0 amide bonds. The average Bonchev–Trinajstić information content (AvgIpc) is 3.03. The molecule has 0 radical (unpaired) electrons. The third-order valence-corrected chi connectivity index (χ3v) is 4.28. The van der Waals surface area contributed by atoms with Gasteiger partial charge in [-0.25, -0.2) is 0 Å². The van der Waals surface area contributed by atoms with E-state index < -0.39 is 10.1 Å². The Labute approximate surface area is 133 Å². The van der Waals surface area contributed by atoms with Crippen LogP contribution in [0.2, 0.25) is 0 Å². The third kappa shape index (κ3) is 3.32. The molecule has 8 heteroatoms. The zero-order valence-corrected chi connectivity index (χ0v) is 12.9. The molecule has 3 rings (SSSR count). The summed E-state index contributed by atoms with van der Waals surface area (Å²) in [4.78, 5) is 4.16. The molecule has 0 fully saturated rings. The second-order valence-electron chi connectivity index (χ2n) is 4.55. The summed E-state index contributed by atoms with van der Waals surface area (Å²) in [5.74, 6) is 0.502. The summed E-state index contributed by atoms with van der Waals surface area (Å²) in [7, 11) is -2.46. The number of aromatic amines is 1. The highest BCUT2D eigenvalue weighted by Crippen LogP contribution is 2.23. The summed E-state index contributed by atoms with van der Waals surface area (Å²) in [6.07, 6.45) is 1.63. The van der Waals surface area contributed by atoms with Crippen molar-refractivity contribution in [1.82, 2.24) is 15.2 Å². The molecular formula is C15H13N3O4S. The zero-order chi connectivity index (χ0) is 16.3. The van der Waals surface area contributed by atoms with Crippen LogP contribution >= 0.6 is 0 Å². The fourth-order valence-corrected chi connectivity index (χ4v) is 2.78. The van der Waals surface area contributed by atoms with E-state index >= 15 is 0 Å². The number of nitrogens with one attached hydrogen (secondary N) is 1. The smallest absolute Gasteiger partial charge is 0.340 e. The number of nitrogens with zero attached hydrogens (tertiary/aromatic N) is 2. The molecule has 0 aliphatic carbocycles. The molecule has 118 valence electrons. The van der Waals surface area contributed by atoms with Gasteiger partial charge in [0.15, 0.2) is 0 Å². The van der Waals surface area contributed by atoms with E-state index in [1.165, 1.54) is 25.3 Å². The van der Waals surface area contributed by atoms with Gasteiger partial charge in [-0.3, -0.25) is 10.1 Å². The molecule has 7 nitrogen and oxygen atoms in total. The van der Waals surface area contributed by atoms with Gasteiger partial charge in [-0.2, -0.15) is 8.42 Å². The van der Waals surface area contributed by atoms with Gasteiger partial charge >= 0.3 is 10.1 Å². The molecule has 0 bridgehead atoms. The van der Waals surface area contributed by atoms with Crippen LogP contribution in [0.5, 0.6) is 11.6 Å². The highest BCUT2D eigenvalue weighted by molar-refractivity contribution is 7.87. The molecule has 3 aromatic rings. The molecule has 1 N–H and O–H groups in total. The van der Waals surface area contributed by atoms with Gasteiger partial charge in [-0.15, -0.1) is 5.10 Å². The molecule has 0 aliphatic heterocycles. The zero-order valence-electron chi connectivity index (χ0n) is 12.1. The maximum atomic E-state index is 12.2. The van der Waals surface area contributed by atoms with Crippen molar-refractivity contribution in [1.29, 1.82) is 0 Å². The van der Waals surface area contributed by atoms with E-state index in [1.807, 2.05) is 6.07 Å². The first kappa shape index (κ1) is 15.0. The van der Waals surface area contributed by atoms with Crippen LogP contribution in [0.1, 0.15) is 0 Å². The van der Waals surface area contributed by atoms with Gasteiger partial charge in [-0.05, 0) is 36.4 Å². The minimum absolute atomic E-state index is 0.0145. The van der Waals surface area contributed by atoms with Crippen molar-refractivity contribution in [2.24, 2.45) is 0 Å². The number of methoxy groups -OCH3 is 1. The Morgan fingerprint density at radius 3 is 2.52 bits per heavy atom. The van der Waals surface area contributed by atoms with Gasteiger partial charge in [0.2, 0.25) is 0 Å². The highest BCUT2D eigenvalue weighted by atomic mass is 32.2. The Bertz CT molecular complexity index is 890. The van der Waals surface area contributed by atoms with Gasteiger partial charge in [0.05, 0.1) is 18.5 Å². The summed E-state index contributed by atoms with van der Waals surface area (Å²) in [6.45, 7) is 0. The van der Waals surface area contributed by atoms with Crippen LogP contribution < -0.4 is 8.92 Å². The number of H-pyrrole nitrogens is 1. The fraction of sp³-hybridized carbons (Fsp3) is 0.0667. The molecule has 0 unspecified atom stereocenters. The molecule has 0 spiro atoms. The molecule has 0 aliphatic rings. The van der Waals surface area contributed by atoms with Gasteiger partial charge in [-0.1, -0.05) is 6.07 Å². The standard InChI is InChI=1S/C15H13N3O4S/c1-21-11-5-7-12(8-6-11)23(19,20)22-15-10-14(17-18-15)13-4-2-3-9-16-13/h2-10H,1H3,(H,17,18). The van der Waals surface area contributed by atoms with Crippen LogP contribution in [0.25, 0.3) is 11.4 Å². The van der Waals surface area contributed by atoms with Crippen molar-refractivity contribution < 1.29 is 17.3 Å². The lowest BCUT2D eigenvalue weighted by atomic mass is 10.3. The van der Waals surface area contributed by atoms with Crippen molar-refractivity contribution in [3.63, 3.8) is 0 Å². The van der Waals surface area contributed by atoms with E-state index in [2.05, 4.69) is 15.2 Å². The highest BCUT2D eigenvalue weighted by Gasteiger charge is 2.18. The van der Waals surface area contributed by atoms with Gasteiger partial charge in [0.25, 0.3) is 5.88 Å². The van der Waals surface area contributed by atoms with Crippen LogP contribution in [0.4, 0.5) is 0 Å². The van der Waals surface area contributed by atoms with Crippen molar-refractivity contribution >= 4 is 10.1 Å². The summed E-state index contributed by atoms with van der Waals surface area (Å²) in [6, 6.07) is 12.7. The van der Waals surface area contributed by atoms with E-state index in [1.54, 1.807) is 30.5 Å². The lowest BCUT2D eigenvalue weighted by Crippen LogP contribution is -2.09. The summed E-state index contributed by atoms with van der Waals surface area (Å²) in [5, 5.41) is 6.54. The average molecular weight is 331 g/mol. The molecule has 1 aromatic carbocycles. The molecule has 0 saturated heterocycles. The number of hydrogen-bond donors (Lipinski definition) is 1. The van der Waals surface area contributed by atoms with E-state index in [0.29, 0.717) is 17.1 Å². The second kappa shape index (κ2) is 6.09. The van der Waals surface area contributed by atoms with Crippen molar-refractivity contribution in [2.75, 3.05) is 7.11 Å². The fourth-order valence-electron chi connectivity index (χ4n) is 1.90. The Hall–Kier alpha value is -2.87. The predicted octanol–water partition coefficient (Wildman–Crippen LogP) is 2.25. The number of benzene rings is 1. The quantitative estimate of drug-likeness (QED) is 0.721. The van der Waals surface area contributed by atoms with Crippen LogP contribution in [0.3, 0.4) is 0 Å².